The van der Waals surface area contributed by atoms with E-state index in [-0.39, 0.29) is 5.91 Å². The largest absolute Gasteiger partial charge is 0.486 e. The Hall–Kier alpha value is -4.06. The van der Waals surface area contributed by atoms with Gasteiger partial charge in [0.2, 0.25) is 0 Å². The molecular weight excluding hydrogens is 402 g/mol. The van der Waals surface area contributed by atoms with Gasteiger partial charge in [-0.05, 0) is 36.2 Å². The van der Waals surface area contributed by atoms with Crippen LogP contribution in [-0.2, 0) is 6.42 Å². The third-order valence-electron chi connectivity index (χ3n) is 5.33. The molecule has 1 aliphatic heterocycles. The van der Waals surface area contributed by atoms with Gasteiger partial charge < -0.3 is 14.8 Å². The molecule has 1 aliphatic rings. The number of benzene rings is 3. The molecule has 0 atom stereocenters. The predicted octanol–water partition coefficient (Wildman–Crippen LogP) is 4.28. The van der Waals surface area contributed by atoms with Gasteiger partial charge >= 0.3 is 0 Å². The number of ether oxygens (including phenoxy) is 2. The monoisotopic (exact) mass is 425 g/mol. The molecule has 6 heteroatoms. The first kappa shape index (κ1) is 19.9. The van der Waals surface area contributed by atoms with E-state index in [4.69, 9.17) is 14.6 Å². The molecule has 0 saturated carbocycles. The van der Waals surface area contributed by atoms with E-state index in [1.165, 1.54) is 0 Å². The summed E-state index contributed by atoms with van der Waals surface area (Å²) in [5.41, 5.74) is 4.09. The van der Waals surface area contributed by atoms with Crippen LogP contribution in [0.5, 0.6) is 11.5 Å². The van der Waals surface area contributed by atoms with E-state index < -0.39 is 0 Å². The third kappa shape index (κ3) is 4.21. The van der Waals surface area contributed by atoms with Gasteiger partial charge in [-0.2, -0.15) is 5.10 Å². The third-order valence-corrected chi connectivity index (χ3v) is 5.33. The zero-order valence-corrected chi connectivity index (χ0v) is 17.5. The summed E-state index contributed by atoms with van der Waals surface area (Å²) in [6.07, 6.45) is 2.48. The predicted molar refractivity (Wildman–Crippen MR) is 122 cm³/mol. The van der Waals surface area contributed by atoms with Gasteiger partial charge in [-0.1, -0.05) is 54.6 Å². The second-order valence-electron chi connectivity index (χ2n) is 7.52. The number of fused-ring (bicyclic) bond motifs is 1. The van der Waals surface area contributed by atoms with Crippen molar-refractivity contribution in [3.05, 3.63) is 96.2 Å². The summed E-state index contributed by atoms with van der Waals surface area (Å²) in [6.45, 7) is 1.63. The first-order valence-corrected chi connectivity index (χ1v) is 10.7. The molecule has 2 heterocycles. The number of nitrogens with one attached hydrogen (secondary N) is 1. The molecule has 32 heavy (non-hydrogen) atoms. The average Bonchev–Trinajstić information content (AvgIpc) is 3.31. The van der Waals surface area contributed by atoms with E-state index >= 15 is 0 Å². The van der Waals surface area contributed by atoms with Crippen molar-refractivity contribution in [1.82, 2.24) is 15.1 Å². The Labute approximate surface area is 186 Å². The topological polar surface area (TPSA) is 65.4 Å². The molecule has 4 aromatic rings. The lowest BCUT2D eigenvalue weighted by Gasteiger charge is -2.18. The Morgan fingerprint density at radius 1 is 0.906 bits per heavy atom. The van der Waals surface area contributed by atoms with Crippen LogP contribution in [-0.4, -0.2) is 35.4 Å². The summed E-state index contributed by atoms with van der Waals surface area (Å²) in [5.74, 6) is 1.38. The van der Waals surface area contributed by atoms with Gasteiger partial charge in [-0.15, -0.1) is 0 Å². The summed E-state index contributed by atoms with van der Waals surface area (Å²) in [6, 6.07) is 25.4. The first-order valence-electron chi connectivity index (χ1n) is 10.7. The minimum atomic E-state index is -0.149. The number of carbonyl (C=O) groups is 1. The lowest BCUT2D eigenvalue weighted by atomic mass is 10.1. The highest BCUT2D eigenvalue weighted by molar-refractivity contribution is 5.99. The van der Waals surface area contributed by atoms with Gasteiger partial charge in [0, 0.05) is 18.3 Å². The van der Waals surface area contributed by atoms with Crippen molar-refractivity contribution in [1.29, 1.82) is 0 Å². The quantitative estimate of drug-likeness (QED) is 0.501. The highest BCUT2D eigenvalue weighted by atomic mass is 16.6. The van der Waals surface area contributed by atoms with Crippen molar-refractivity contribution in [3.63, 3.8) is 0 Å². The summed E-state index contributed by atoms with van der Waals surface area (Å²) in [4.78, 5) is 13.1. The maximum absolute atomic E-state index is 13.1. The second-order valence-corrected chi connectivity index (χ2v) is 7.52. The lowest BCUT2D eigenvalue weighted by molar-refractivity contribution is 0.0954. The van der Waals surface area contributed by atoms with Gasteiger partial charge in [-0.25, -0.2) is 4.68 Å². The normalized spacial score (nSPS) is 12.4. The summed E-state index contributed by atoms with van der Waals surface area (Å²) in [5, 5.41) is 7.75. The van der Waals surface area contributed by atoms with Crippen LogP contribution in [0.25, 0.3) is 16.9 Å². The fourth-order valence-electron chi connectivity index (χ4n) is 3.72. The molecule has 3 aromatic carbocycles. The van der Waals surface area contributed by atoms with Crippen LogP contribution in [0.4, 0.5) is 0 Å². The van der Waals surface area contributed by atoms with Crippen LogP contribution in [0.3, 0.4) is 0 Å². The fourth-order valence-corrected chi connectivity index (χ4v) is 3.72. The molecule has 0 aliphatic carbocycles. The maximum atomic E-state index is 13.1. The van der Waals surface area contributed by atoms with Crippen LogP contribution >= 0.6 is 0 Å². The van der Waals surface area contributed by atoms with Gasteiger partial charge in [0.1, 0.15) is 18.9 Å². The number of amides is 1. The Bertz CT molecular complexity index is 1220. The molecule has 0 bridgehead atoms. The van der Waals surface area contributed by atoms with Crippen molar-refractivity contribution in [2.75, 3.05) is 19.8 Å². The summed E-state index contributed by atoms with van der Waals surface area (Å²) >= 11 is 0. The molecule has 0 radical (unpaired) electrons. The van der Waals surface area contributed by atoms with Crippen LogP contribution in [0.1, 0.15) is 15.9 Å². The van der Waals surface area contributed by atoms with Crippen molar-refractivity contribution in [2.45, 2.75) is 6.42 Å². The number of carbonyl (C=O) groups excluding carboxylic acids is 1. The fraction of sp³-hybridized carbons (Fsp3) is 0.154. The van der Waals surface area contributed by atoms with E-state index in [1.54, 1.807) is 10.9 Å². The van der Waals surface area contributed by atoms with Crippen LogP contribution in [0.15, 0.2) is 85.1 Å². The number of hydrogen-bond donors (Lipinski definition) is 1. The van der Waals surface area contributed by atoms with Crippen molar-refractivity contribution in [2.24, 2.45) is 0 Å². The number of hydrogen-bond acceptors (Lipinski definition) is 4. The lowest BCUT2D eigenvalue weighted by Crippen LogP contribution is -2.26. The van der Waals surface area contributed by atoms with Crippen LogP contribution in [0, 0.1) is 0 Å². The summed E-state index contributed by atoms with van der Waals surface area (Å²) < 4.78 is 13.0. The first-order chi connectivity index (χ1) is 15.8. The molecule has 6 nitrogen and oxygen atoms in total. The minimum absolute atomic E-state index is 0.149. The van der Waals surface area contributed by atoms with E-state index in [9.17, 15) is 4.79 Å². The Kier molecular flexibility index (Phi) is 5.58. The maximum Gasteiger partial charge on any atom is 0.255 e. The van der Waals surface area contributed by atoms with Crippen molar-refractivity contribution >= 4 is 5.91 Å². The molecule has 5 rings (SSSR count). The molecule has 160 valence electrons. The van der Waals surface area contributed by atoms with Crippen LogP contribution < -0.4 is 14.8 Å². The molecular formula is C26H23N3O3. The molecule has 1 N–H and O–H groups in total. The molecule has 0 spiro atoms. The van der Waals surface area contributed by atoms with Crippen molar-refractivity contribution in [3.8, 4) is 28.4 Å². The average molecular weight is 425 g/mol. The van der Waals surface area contributed by atoms with E-state index in [0.29, 0.717) is 37.4 Å². The highest BCUT2D eigenvalue weighted by Crippen LogP contribution is 2.30. The molecule has 0 unspecified atom stereocenters. The van der Waals surface area contributed by atoms with E-state index in [0.717, 1.165) is 28.3 Å². The molecule has 1 aromatic heterocycles. The summed E-state index contributed by atoms with van der Waals surface area (Å²) in [7, 11) is 0. The molecule has 0 fully saturated rings. The van der Waals surface area contributed by atoms with Gasteiger partial charge in [0.05, 0.1) is 11.3 Å². The van der Waals surface area contributed by atoms with E-state index in [1.807, 2.05) is 78.9 Å². The van der Waals surface area contributed by atoms with Gasteiger partial charge in [0.25, 0.3) is 5.91 Å². The Balaban J connectivity index is 1.34. The number of para-hydroxylation sites is 1. The van der Waals surface area contributed by atoms with Gasteiger partial charge in [0.15, 0.2) is 11.5 Å². The highest BCUT2D eigenvalue weighted by Gasteiger charge is 2.18. The zero-order chi connectivity index (χ0) is 21.8. The smallest absolute Gasteiger partial charge is 0.255 e. The minimum Gasteiger partial charge on any atom is -0.486 e. The molecule has 1 amide bonds. The number of nitrogens with zero attached hydrogens (tertiary/aromatic N) is 2. The van der Waals surface area contributed by atoms with Gasteiger partial charge in [-0.3, -0.25) is 4.79 Å². The van der Waals surface area contributed by atoms with Crippen LogP contribution in [0.2, 0.25) is 0 Å². The standard InChI is InChI=1S/C26H23N3O3/c30-26(27-14-13-19-11-12-23-24(17-19)32-16-15-31-23)22-18-29(21-9-5-2-6-10-21)28-25(22)20-7-3-1-4-8-20/h1-12,17-18H,13-16H2,(H,27,30). The SMILES string of the molecule is O=C(NCCc1ccc2c(c1)OCCO2)c1cn(-c2ccccc2)nc1-c1ccccc1. The Morgan fingerprint density at radius 2 is 1.62 bits per heavy atom. The molecule has 0 saturated heterocycles. The number of aromatic nitrogens is 2. The Morgan fingerprint density at radius 3 is 2.41 bits per heavy atom. The number of rotatable bonds is 6. The zero-order valence-electron chi connectivity index (χ0n) is 17.5. The van der Waals surface area contributed by atoms with Crippen molar-refractivity contribution < 1.29 is 14.3 Å². The second kappa shape index (κ2) is 8.98. The van der Waals surface area contributed by atoms with E-state index in [2.05, 4.69) is 5.32 Å².